The highest BCUT2D eigenvalue weighted by atomic mass is 16.5. The zero-order chi connectivity index (χ0) is 73.3. The van der Waals surface area contributed by atoms with E-state index in [0.717, 1.165) is 11.1 Å². The number of aryl methyl sites for hydroxylation is 2. The molecule has 0 aliphatic carbocycles. The van der Waals surface area contributed by atoms with Gasteiger partial charge in [-0.05, 0) is 112 Å². The maximum Gasteiger partial charge on any atom is 0.326 e. The number of carbonyl (C=O) groups excluding carboxylic acids is 8. The molecule has 12 bridgehead atoms. The Hall–Kier alpha value is -10.6. The Bertz CT molecular complexity index is 3640. The Morgan fingerprint density at radius 2 is 0.873 bits per heavy atom. The minimum atomic E-state index is -1.48. The predicted molar refractivity (Wildman–Crippen MR) is 370 cm³/mol. The van der Waals surface area contributed by atoms with E-state index in [0.29, 0.717) is 46.9 Å². The van der Waals surface area contributed by atoms with E-state index >= 15 is 0 Å². The van der Waals surface area contributed by atoms with Crippen LogP contribution in [0.4, 0.5) is 0 Å². The van der Waals surface area contributed by atoms with Crippen molar-refractivity contribution >= 4 is 59.2 Å². The van der Waals surface area contributed by atoms with Crippen LogP contribution in [-0.2, 0) is 86.8 Å². The fourth-order valence-electron chi connectivity index (χ4n) is 12.5. The fourth-order valence-corrected chi connectivity index (χ4v) is 12.5. The molecule has 12 rings (SSSR count). The molecule has 0 radical (unpaired) electrons. The number of benzene rings is 4. The van der Waals surface area contributed by atoms with Crippen LogP contribution in [0.25, 0.3) is 0 Å². The van der Waals surface area contributed by atoms with E-state index in [4.69, 9.17) is 9.47 Å². The normalized spacial score (nSPS) is 22.1. The summed E-state index contributed by atoms with van der Waals surface area (Å²) < 4.78 is 15.3. The monoisotopic (exact) mass is 1400 g/mol. The van der Waals surface area contributed by atoms with E-state index in [-0.39, 0.29) is 64.8 Å². The number of carbonyl (C=O) groups is 10. The lowest BCUT2D eigenvalue weighted by Gasteiger charge is -2.31. The number of carboxylic acid groups (broad SMARTS) is 2. The van der Waals surface area contributed by atoms with Crippen LogP contribution in [0, 0.1) is 11.8 Å². The molecule has 30 nitrogen and oxygen atoms in total. The summed E-state index contributed by atoms with van der Waals surface area (Å²) in [4.78, 5) is 144. The van der Waals surface area contributed by atoms with Gasteiger partial charge in [-0.25, -0.2) is 19.0 Å². The van der Waals surface area contributed by atoms with Crippen LogP contribution < -0.4 is 52.0 Å². The van der Waals surface area contributed by atoms with Gasteiger partial charge in [0.2, 0.25) is 47.3 Å². The van der Waals surface area contributed by atoms with Crippen molar-refractivity contribution in [2.24, 2.45) is 11.8 Å². The summed E-state index contributed by atoms with van der Waals surface area (Å²) in [5.74, 6) is -7.86. The summed E-state index contributed by atoms with van der Waals surface area (Å²) >= 11 is 0. The molecule has 544 valence electrons. The SMILES string of the molecule is CN[C@@H](C)C(=O)N[C@H](C(=O)N1CC2C[C@H]1C(=O)N[C@@H](CCc1ccccc1)C(=O)N[C@H](C(=O)O)Cc1ccc(cc1)OCc1cn(nn1)C1C[C@@H](C(=O)N[C@@H](CCc3ccccc3)C(=O)N[C@H](C(=O)O)Cc3ccc(cc3)OCc3cn2nn3)N(C(=O)[C@@H](NC(=O)[C@H](C)NC)C(C)C)C1)C(C)C. The molecular weight excluding hydrogens is 1310 g/mol. The van der Waals surface area contributed by atoms with Crippen LogP contribution in [0.2, 0.25) is 0 Å². The second-order valence-electron chi connectivity index (χ2n) is 26.9. The molecule has 2 saturated heterocycles. The lowest BCUT2D eigenvalue weighted by molar-refractivity contribution is -0.144. The number of rotatable bonds is 18. The third kappa shape index (κ3) is 19.9. The van der Waals surface area contributed by atoms with Gasteiger partial charge < -0.3 is 72.0 Å². The number of nitrogens with zero attached hydrogens (tertiary/aromatic N) is 8. The first-order valence-corrected chi connectivity index (χ1v) is 34.4. The maximum absolute atomic E-state index is 15.0. The first-order chi connectivity index (χ1) is 48.9. The summed E-state index contributed by atoms with van der Waals surface area (Å²) in [5, 5.41) is 61.2. The molecule has 6 aliphatic rings. The molecule has 2 fully saturated rings. The predicted octanol–water partition coefficient (Wildman–Crippen LogP) is 1.98. The van der Waals surface area contributed by atoms with Gasteiger partial charge in [0.1, 0.15) is 84.4 Å². The summed E-state index contributed by atoms with van der Waals surface area (Å²) in [6.07, 6.45) is 3.48. The van der Waals surface area contributed by atoms with Crippen molar-refractivity contribution < 1.29 is 67.6 Å². The van der Waals surface area contributed by atoms with Gasteiger partial charge in [0.25, 0.3) is 0 Å². The topological polar surface area (TPSA) is 394 Å². The second kappa shape index (κ2) is 35.1. The van der Waals surface area contributed by atoms with Gasteiger partial charge in [0, 0.05) is 38.8 Å². The molecular formula is C72H92N16O14. The smallest absolute Gasteiger partial charge is 0.326 e. The molecule has 102 heavy (non-hydrogen) atoms. The Morgan fingerprint density at radius 1 is 0.510 bits per heavy atom. The van der Waals surface area contributed by atoms with Crippen molar-refractivity contribution in [3.8, 4) is 11.5 Å². The second-order valence-corrected chi connectivity index (χ2v) is 26.9. The summed E-state index contributed by atoms with van der Waals surface area (Å²) in [7, 11) is 3.22. The molecule has 30 heteroatoms. The van der Waals surface area contributed by atoms with Crippen molar-refractivity contribution in [2.45, 2.75) is 179 Å². The highest BCUT2D eigenvalue weighted by molar-refractivity contribution is 5.97. The molecule has 2 aromatic heterocycles. The minimum absolute atomic E-state index is 0.0131. The molecule has 2 unspecified atom stereocenters. The van der Waals surface area contributed by atoms with Gasteiger partial charge in [-0.15, -0.1) is 10.2 Å². The number of ether oxygens (including phenoxy) is 2. The summed E-state index contributed by atoms with van der Waals surface area (Å²) in [6.45, 7) is 9.98. The maximum atomic E-state index is 15.0. The van der Waals surface area contributed by atoms with Crippen molar-refractivity contribution in [3.05, 3.63) is 155 Å². The third-order valence-corrected chi connectivity index (χ3v) is 18.8. The molecule has 8 heterocycles. The van der Waals surface area contributed by atoms with Crippen LogP contribution in [0.1, 0.15) is 113 Å². The van der Waals surface area contributed by atoms with Gasteiger partial charge in [-0.1, -0.05) is 123 Å². The average molecular weight is 1410 g/mol. The number of likely N-dealkylation sites (N-methyl/N-ethyl adjacent to an activating group) is 2. The highest BCUT2D eigenvalue weighted by Crippen LogP contribution is 2.32. The Kier molecular flexibility index (Phi) is 26.0. The van der Waals surface area contributed by atoms with Gasteiger partial charge in [-0.2, -0.15) is 0 Å². The Labute approximate surface area is 591 Å². The number of aromatic nitrogens is 6. The van der Waals surface area contributed by atoms with E-state index in [2.05, 4.69) is 63.2 Å². The largest absolute Gasteiger partial charge is 0.487 e. The fraction of sp³-hybridized carbons (Fsp3) is 0.472. The van der Waals surface area contributed by atoms with E-state index in [1.165, 1.54) is 19.2 Å². The Balaban J connectivity index is 1.03. The molecule has 4 aromatic carbocycles. The number of likely N-dealkylation sites (tertiary alicyclic amines) is 2. The van der Waals surface area contributed by atoms with Gasteiger partial charge in [0.05, 0.1) is 36.6 Å². The van der Waals surface area contributed by atoms with Crippen molar-refractivity contribution in [1.29, 1.82) is 0 Å². The van der Waals surface area contributed by atoms with Crippen molar-refractivity contribution in [3.63, 3.8) is 0 Å². The lowest BCUT2D eigenvalue weighted by Crippen LogP contribution is -2.59. The Morgan fingerprint density at radius 3 is 1.21 bits per heavy atom. The van der Waals surface area contributed by atoms with Crippen LogP contribution in [0.3, 0.4) is 0 Å². The number of aliphatic carboxylic acids is 2. The molecule has 0 saturated carbocycles. The summed E-state index contributed by atoms with van der Waals surface area (Å²) in [6, 6.07) is 18.6. The summed E-state index contributed by atoms with van der Waals surface area (Å²) in [5.41, 5.74) is 3.40. The van der Waals surface area contributed by atoms with Crippen LogP contribution in [0.5, 0.6) is 11.5 Å². The van der Waals surface area contributed by atoms with Crippen LogP contribution >= 0.6 is 0 Å². The molecule has 12 atom stereocenters. The number of carboxylic acids is 2. The average Bonchev–Trinajstić information content (AvgIpc) is 1.64. The highest BCUT2D eigenvalue weighted by Gasteiger charge is 2.47. The molecule has 0 spiro atoms. The molecule has 6 aliphatic heterocycles. The van der Waals surface area contributed by atoms with Crippen LogP contribution in [-0.4, -0.2) is 197 Å². The first kappa shape index (κ1) is 75.6. The van der Waals surface area contributed by atoms with E-state index < -0.39 is 144 Å². The zero-order valence-corrected chi connectivity index (χ0v) is 58.5. The van der Waals surface area contributed by atoms with E-state index in [1.54, 1.807) is 117 Å². The molecule has 10 N–H and O–H groups in total. The molecule has 8 amide bonds. The number of hydrogen-bond acceptors (Lipinski definition) is 18. The number of nitrogens with one attached hydrogen (secondary N) is 8. The van der Waals surface area contributed by atoms with Gasteiger partial charge >= 0.3 is 11.9 Å². The van der Waals surface area contributed by atoms with Crippen LogP contribution in [0.15, 0.2) is 122 Å². The standard InChI is InChI=1S/C72H92N16O14/c1-41(2)61(79-63(89)43(5)73-7)69(95)85-37-51-33-59(85)67(93)75-55(29-23-45-15-11-9-12-16-45)65(91)77-57(71(97)98)31-47-21-27-54(28-22-47)102-40-50-36-88(84-82-50)52-34-60(86(38-52)70(96)62(42(3)4)80-64(90)44(6)74-8)68(94)76-56(30-24-46-17-13-10-14-18-46)66(92)78-58(72(99)100)32-48-19-25-53(26-20-48)101-39-49-35-87(51)83-81-49/h9-22,25-28,35-36,41-44,51-52,55-62,73-74H,23-24,29-34,37-40H2,1-8H3,(H,75,93)(H,76,94)(H,77,91)(H,78,92)(H,79,89)(H,80,90)(H,97,98)(H,99,100)/t43-,44-,51?,52?,55-,56-,57-,58-,59-,60-,61-,62-/m0/s1. The van der Waals surface area contributed by atoms with Crippen molar-refractivity contribution in [2.75, 3.05) is 27.2 Å². The zero-order valence-electron chi connectivity index (χ0n) is 58.5. The van der Waals surface area contributed by atoms with Crippen molar-refractivity contribution in [1.82, 2.24) is 82.3 Å². The number of hydrogen-bond donors (Lipinski definition) is 10. The third-order valence-electron chi connectivity index (χ3n) is 18.8. The van der Waals surface area contributed by atoms with E-state index in [9.17, 15) is 58.2 Å². The lowest BCUT2D eigenvalue weighted by atomic mass is 10.0. The van der Waals surface area contributed by atoms with Gasteiger partial charge in [-0.3, -0.25) is 38.4 Å². The quantitative estimate of drug-likeness (QED) is 0.0588. The molecule has 6 aromatic rings. The first-order valence-electron chi connectivity index (χ1n) is 34.4. The number of amides is 8. The minimum Gasteiger partial charge on any atom is -0.487 e. The van der Waals surface area contributed by atoms with Gasteiger partial charge in [0.15, 0.2) is 0 Å². The van der Waals surface area contributed by atoms with E-state index in [1.807, 2.05) is 60.7 Å².